The number of aromatic nitrogens is 2. The third-order valence-corrected chi connectivity index (χ3v) is 2.41. The molecule has 0 aliphatic carbocycles. The minimum absolute atomic E-state index is 0.458. The van der Waals surface area contributed by atoms with Crippen molar-refractivity contribution in [1.29, 1.82) is 5.26 Å². The zero-order valence-electron chi connectivity index (χ0n) is 6.00. The number of rotatable bonds is 0. The fraction of sp³-hybridized carbons (Fsp3) is 0. The Morgan fingerprint density at radius 2 is 2.33 bits per heavy atom. The molecule has 2 aromatic heterocycles. The van der Waals surface area contributed by atoms with Gasteiger partial charge in [-0.15, -0.1) is 0 Å². The molecule has 58 valence electrons. The van der Waals surface area contributed by atoms with Crippen LogP contribution in [0.3, 0.4) is 0 Å². The van der Waals surface area contributed by atoms with E-state index in [1.807, 2.05) is 18.3 Å². The number of nitriles is 1. The van der Waals surface area contributed by atoms with Crippen molar-refractivity contribution < 1.29 is 0 Å². The van der Waals surface area contributed by atoms with Crippen molar-refractivity contribution in [3.05, 3.63) is 27.6 Å². The van der Waals surface area contributed by atoms with Gasteiger partial charge in [-0.05, 0) is 34.7 Å². The van der Waals surface area contributed by atoms with Crippen LogP contribution in [0.15, 0.2) is 18.3 Å². The Labute approximate surface area is 82.6 Å². The van der Waals surface area contributed by atoms with Gasteiger partial charge in [0, 0.05) is 6.20 Å². The monoisotopic (exact) mass is 269 g/mol. The average molecular weight is 269 g/mol. The van der Waals surface area contributed by atoms with Crippen LogP contribution in [0.1, 0.15) is 5.69 Å². The molecule has 2 rings (SSSR count). The van der Waals surface area contributed by atoms with E-state index >= 15 is 0 Å². The van der Waals surface area contributed by atoms with Crippen LogP contribution in [0.4, 0.5) is 0 Å². The van der Waals surface area contributed by atoms with E-state index < -0.39 is 0 Å². The summed E-state index contributed by atoms with van der Waals surface area (Å²) in [6, 6.07) is 5.58. The maximum Gasteiger partial charge on any atom is 0.141 e. The lowest BCUT2D eigenvalue weighted by atomic mass is 10.3. The quantitative estimate of drug-likeness (QED) is 0.744. The SMILES string of the molecule is N#Cc1ccc2[nH]cc(I)c2n1. The molecule has 0 aromatic carbocycles. The van der Waals surface area contributed by atoms with Gasteiger partial charge in [-0.1, -0.05) is 0 Å². The summed E-state index contributed by atoms with van der Waals surface area (Å²) < 4.78 is 1.04. The first-order chi connectivity index (χ1) is 5.81. The number of halogens is 1. The highest BCUT2D eigenvalue weighted by Crippen LogP contribution is 2.17. The number of hydrogen-bond acceptors (Lipinski definition) is 2. The van der Waals surface area contributed by atoms with Crippen molar-refractivity contribution in [1.82, 2.24) is 9.97 Å². The molecule has 0 unspecified atom stereocenters. The Morgan fingerprint density at radius 3 is 3.08 bits per heavy atom. The number of pyridine rings is 1. The fourth-order valence-corrected chi connectivity index (χ4v) is 1.60. The zero-order chi connectivity index (χ0) is 8.55. The predicted molar refractivity (Wildman–Crippen MR) is 53.5 cm³/mol. The molecular weight excluding hydrogens is 265 g/mol. The first-order valence-electron chi connectivity index (χ1n) is 3.35. The molecule has 4 heteroatoms. The predicted octanol–water partition coefficient (Wildman–Crippen LogP) is 2.04. The van der Waals surface area contributed by atoms with Gasteiger partial charge in [-0.25, -0.2) is 4.98 Å². The van der Waals surface area contributed by atoms with E-state index in [9.17, 15) is 0 Å². The molecule has 2 heterocycles. The largest absolute Gasteiger partial charge is 0.359 e. The summed E-state index contributed by atoms with van der Waals surface area (Å²) in [5, 5.41) is 8.60. The second-order valence-electron chi connectivity index (χ2n) is 2.34. The van der Waals surface area contributed by atoms with Gasteiger partial charge in [0.1, 0.15) is 17.3 Å². The van der Waals surface area contributed by atoms with Crippen LogP contribution in [-0.4, -0.2) is 9.97 Å². The van der Waals surface area contributed by atoms with Crippen LogP contribution < -0.4 is 0 Å². The minimum atomic E-state index is 0.458. The summed E-state index contributed by atoms with van der Waals surface area (Å²) in [6.07, 6.45) is 1.87. The molecule has 0 atom stereocenters. The Kier molecular flexibility index (Phi) is 1.73. The number of aromatic amines is 1. The van der Waals surface area contributed by atoms with Crippen LogP contribution in [-0.2, 0) is 0 Å². The van der Waals surface area contributed by atoms with E-state index in [1.54, 1.807) is 6.07 Å². The summed E-state index contributed by atoms with van der Waals surface area (Å²) in [4.78, 5) is 7.21. The molecule has 12 heavy (non-hydrogen) atoms. The smallest absolute Gasteiger partial charge is 0.141 e. The molecule has 0 spiro atoms. The lowest BCUT2D eigenvalue weighted by Gasteiger charge is -1.89. The van der Waals surface area contributed by atoms with Gasteiger partial charge < -0.3 is 4.98 Å². The summed E-state index contributed by atoms with van der Waals surface area (Å²) in [5.41, 5.74) is 2.30. The summed E-state index contributed by atoms with van der Waals surface area (Å²) >= 11 is 2.18. The van der Waals surface area contributed by atoms with Gasteiger partial charge in [0.15, 0.2) is 0 Å². The Morgan fingerprint density at radius 1 is 1.50 bits per heavy atom. The van der Waals surface area contributed by atoms with Crippen LogP contribution in [0.2, 0.25) is 0 Å². The topological polar surface area (TPSA) is 52.5 Å². The molecule has 0 saturated carbocycles. The molecule has 0 aliphatic heterocycles. The van der Waals surface area contributed by atoms with Crippen molar-refractivity contribution in [2.45, 2.75) is 0 Å². The van der Waals surface area contributed by atoms with Crippen molar-refractivity contribution in [3.8, 4) is 6.07 Å². The van der Waals surface area contributed by atoms with Crippen LogP contribution >= 0.6 is 22.6 Å². The standard InChI is InChI=1S/C8H4IN3/c9-6-4-11-7-2-1-5(3-10)12-8(6)7/h1-2,4,11H. The molecule has 0 aliphatic rings. The molecule has 0 amide bonds. The summed E-state index contributed by atoms with van der Waals surface area (Å²) in [7, 11) is 0. The highest BCUT2D eigenvalue weighted by Gasteiger charge is 2.02. The maximum absolute atomic E-state index is 8.60. The molecule has 2 aromatic rings. The van der Waals surface area contributed by atoms with Gasteiger partial charge in [-0.3, -0.25) is 0 Å². The maximum atomic E-state index is 8.60. The molecule has 1 N–H and O–H groups in total. The zero-order valence-corrected chi connectivity index (χ0v) is 8.16. The number of H-pyrrole nitrogens is 1. The van der Waals surface area contributed by atoms with Crippen molar-refractivity contribution in [2.24, 2.45) is 0 Å². The van der Waals surface area contributed by atoms with E-state index in [0.717, 1.165) is 14.6 Å². The van der Waals surface area contributed by atoms with E-state index in [2.05, 4.69) is 32.6 Å². The second kappa shape index (κ2) is 2.75. The first-order valence-corrected chi connectivity index (χ1v) is 4.43. The van der Waals surface area contributed by atoms with E-state index in [4.69, 9.17) is 5.26 Å². The van der Waals surface area contributed by atoms with Crippen molar-refractivity contribution in [2.75, 3.05) is 0 Å². The number of hydrogen-bond donors (Lipinski definition) is 1. The Hall–Kier alpha value is -1.09. The highest BCUT2D eigenvalue weighted by molar-refractivity contribution is 14.1. The Balaban J connectivity index is 2.82. The van der Waals surface area contributed by atoms with E-state index in [1.165, 1.54) is 0 Å². The first kappa shape index (κ1) is 7.55. The van der Waals surface area contributed by atoms with Gasteiger partial charge in [-0.2, -0.15) is 5.26 Å². The highest BCUT2D eigenvalue weighted by atomic mass is 127. The van der Waals surface area contributed by atoms with Crippen molar-refractivity contribution >= 4 is 33.6 Å². The van der Waals surface area contributed by atoms with E-state index in [0.29, 0.717) is 5.69 Å². The molecule has 0 saturated heterocycles. The molecular formula is C8H4IN3. The van der Waals surface area contributed by atoms with E-state index in [-0.39, 0.29) is 0 Å². The second-order valence-corrected chi connectivity index (χ2v) is 3.50. The number of fused-ring (bicyclic) bond motifs is 1. The van der Waals surface area contributed by atoms with Gasteiger partial charge in [0.2, 0.25) is 0 Å². The third kappa shape index (κ3) is 1.06. The normalized spacial score (nSPS) is 10.0. The van der Waals surface area contributed by atoms with Crippen molar-refractivity contribution in [3.63, 3.8) is 0 Å². The fourth-order valence-electron chi connectivity index (χ4n) is 1.03. The lowest BCUT2D eigenvalue weighted by molar-refractivity contribution is 1.32. The number of nitrogens with one attached hydrogen (secondary N) is 1. The summed E-state index contributed by atoms with van der Waals surface area (Å²) in [5.74, 6) is 0. The minimum Gasteiger partial charge on any atom is -0.359 e. The molecule has 3 nitrogen and oxygen atoms in total. The van der Waals surface area contributed by atoms with Gasteiger partial charge >= 0.3 is 0 Å². The van der Waals surface area contributed by atoms with Crippen LogP contribution in [0.5, 0.6) is 0 Å². The molecule has 0 fully saturated rings. The molecule has 0 radical (unpaired) electrons. The molecule has 0 bridgehead atoms. The Bertz CT molecular complexity index is 467. The number of nitrogens with zero attached hydrogens (tertiary/aromatic N) is 2. The average Bonchev–Trinajstić information content (AvgIpc) is 2.47. The summed E-state index contributed by atoms with van der Waals surface area (Å²) in [6.45, 7) is 0. The van der Waals surface area contributed by atoms with Gasteiger partial charge in [0.25, 0.3) is 0 Å². The van der Waals surface area contributed by atoms with Gasteiger partial charge in [0.05, 0.1) is 9.09 Å². The van der Waals surface area contributed by atoms with Crippen LogP contribution in [0.25, 0.3) is 11.0 Å². The lowest BCUT2D eigenvalue weighted by Crippen LogP contribution is -1.82. The van der Waals surface area contributed by atoms with Crippen LogP contribution in [0, 0.1) is 14.9 Å². The third-order valence-electron chi connectivity index (χ3n) is 1.59.